The lowest BCUT2D eigenvalue weighted by Gasteiger charge is -2.35. The minimum atomic E-state index is -2.85. The van der Waals surface area contributed by atoms with Crippen LogP contribution in [0, 0.1) is 0 Å². The second kappa shape index (κ2) is 10.4. The van der Waals surface area contributed by atoms with E-state index in [1.54, 1.807) is 34.1 Å². The van der Waals surface area contributed by atoms with Crippen LogP contribution < -0.4 is 4.74 Å². The van der Waals surface area contributed by atoms with Crippen molar-refractivity contribution in [2.75, 3.05) is 26.2 Å². The normalized spacial score (nSPS) is 14.1. The zero-order valence-corrected chi connectivity index (χ0v) is 17.2. The molecule has 1 aliphatic rings. The zero-order valence-electron chi connectivity index (χ0n) is 16.4. The van der Waals surface area contributed by atoms with Gasteiger partial charge in [-0.2, -0.15) is 8.78 Å². The Morgan fingerprint density at radius 2 is 1.40 bits per heavy atom. The largest absolute Gasteiger partial charge is 0.435 e. The van der Waals surface area contributed by atoms with E-state index < -0.39 is 6.61 Å². The molecule has 0 saturated carbocycles. The van der Waals surface area contributed by atoms with Gasteiger partial charge in [0.15, 0.2) is 0 Å². The maximum absolute atomic E-state index is 12.5. The third-order valence-corrected chi connectivity index (χ3v) is 5.28. The van der Waals surface area contributed by atoms with Crippen molar-refractivity contribution in [3.63, 3.8) is 0 Å². The second-order valence-electron chi connectivity index (χ2n) is 7.09. The van der Waals surface area contributed by atoms with Gasteiger partial charge in [0.05, 0.1) is 6.42 Å². The molecule has 0 atom stereocenters. The molecule has 0 bridgehead atoms. The van der Waals surface area contributed by atoms with E-state index in [4.69, 9.17) is 11.6 Å². The highest BCUT2D eigenvalue weighted by Gasteiger charge is 2.24. The van der Waals surface area contributed by atoms with E-state index in [1.165, 1.54) is 12.1 Å². The number of hydrogen-bond acceptors (Lipinski definition) is 3. The predicted octanol–water partition coefficient (Wildman–Crippen LogP) is 3.79. The SMILES string of the molecule is O=C(CCc1ccc(OC(F)F)cc1)N1CCN(C(=O)Cc2ccc(Cl)cc2)CC1. The van der Waals surface area contributed by atoms with Gasteiger partial charge in [0.1, 0.15) is 5.75 Å². The fourth-order valence-corrected chi connectivity index (χ4v) is 3.47. The first-order valence-electron chi connectivity index (χ1n) is 9.74. The van der Waals surface area contributed by atoms with Crippen LogP contribution >= 0.6 is 11.6 Å². The topological polar surface area (TPSA) is 49.9 Å². The Labute approximate surface area is 179 Å². The predicted molar refractivity (Wildman–Crippen MR) is 110 cm³/mol. The Balaban J connectivity index is 1.41. The van der Waals surface area contributed by atoms with E-state index in [1.807, 2.05) is 12.1 Å². The summed E-state index contributed by atoms with van der Waals surface area (Å²) >= 11 is 5.87. The van der Waals surface area contributed by atoms with E-state index >= 15 is 0 Å². The Kier molecular flexibility index (Phi) is 7.63. The molecule has 1 saturated heterocycles. The Morgan fingerprint density at radius 3 is 1.97 bits per heavy atom. The highest BCUT2D eigenvalue weighted by molar-refractivity contribution is 6.30. The molecule has 0 radical (unpaired) electrons. The summed E-state index contributed by atoms with van der Waals surface area (Å²) in [6.45, 7) is -0.817. The molecule has 30 heavy (non-hydrogen) atoms. The van der Waals surface area contributed by atoms with Crippen molar-refractivity contribution in [1.82, 2.24) is 9.80 Å². The van der Waals surface area contributed by atoms with E-state index in [2.05, 4.69) is 4.74 Å². The fraction of sp³-hybridized carbons (Fsp3) is 0.364. The lowest BCUT2D eigenvalue weighted by Crippen LogP contribution is -2.51. The van der Waals surface area contributed by atoms with Gasteiger partial charge in [-0.1, -0.05) is 35.9 Å². The summed E-state index contributed by atoms with van der Waals surface area (Å²) in [7, 11) is 0. The maximum Gasteiger partial charge on any atom is 0.387 e. The van der Waals surface area contributed by atoms with Gasteiger partial charge in [-0.25, -0.2) is 0 Å². The third-order valence-electron chi connectivity index (χ3n) is 5.03. The van der Waals surface area contributed by atoms with Gasteiger partial charge in [0, 0.05) is 37.6 Å². The summed E-state index contributed by atoms with van der Waals surface area (Å²) in [5.74, 6) is 0.155. The molecular weight excluding hydrogens is 414 g/mol. The van der Waals surface area contributed by atoms with Crippen molar-refractivity contribution in [3.8, 4) is 5.75 Å². The molecule has 0 N–H and O–H groups in total. The number of halogens is 3. The van der Waals surface area contributed by atoms with E-state index in [-0.39, 0.29) is 17.6 Å². The molecule has 2 aromatic carbocycles. The van der Waals surface area contributed by atoms with Gasteiger partial charge in [-0.15, -0.1) is 0 Å². The van der Waals surface area contributed by atoms with Gasteiger partial charge in [-0.05, 0) is 41.8 Å². The number of hydrogen-bond donors (Lipinski definition) is 0. The van der Waals surface area contributed by atoms with Crippen LogP contribution in [0.4, 0.5) is 8.78 Å². The molecule has 2 amide bonds. The summed E-state index contributed by atoms with van der Waals surface area (Å²) in [4.78, 5) is 28.5. The van der Waals surface area contributed by atoms with E-state index in [0.29, 0.717) is 50.5 Å². The third kappa shape index (κ3) is 6.42. The summed E-state index contributed by atoms with van der Waals surface area (Å²) in [6, 6.07) is 13.5. The standard InChI is InChI=1S/C22H23ClF2N2O3/c23-18-6-1-17(2-7-18)15-21(29)27-13-11-26(12-14-27)20(28)10-5-16-3-8-19(9-4-16)30-22(24)25/h1-4,6-9,22H,5,10-15H2. The average Bonchev–Trinajstić information content (AvgIpc) is 2.74. The number of carbonyl (C=O) groups excluding carboxylic acids is 2. The van der Waals surface area contributed by atoms with Crippen LogP contribution in [0.5, 0.6) is 5.75 Å². The summed E-state index contributed by atoms with van der Waals surface area (Å²) in [5, 5.41) is 0.635. The summed E-state index contributed by atoms with van der Waals surface area (Å²) in [5.41, 5.74) is 1.79. The first-order valence-corrected chi connectivity index (χ1v) is 10.1. The van der Waals surface area contributed by atoms with Crippen LogP contribution in [0.2, 0.25) is 5.02 Å². The number of nitrogens with zero attached hydrogens (tertiary/aromatic N) is 2. The molecule has 0 spiro atoms. The van der Waals surface area contributed by atoms with Crippen molar-refractivity contribution < 1.29 is 23.1 Å². The molecule has 0 unspecified atom stereocenters. The molecule has 1 aliphatic heterocycles. The molecule has 0 aliphatic carbocycles. The number of benzene rings is 2. The van der Waals surface area contributed by atoms with Crippen molar-refractivity contribution in [2.45, 2.75) is 25.9 Å². The quantitative estimate of drug-likeness (QED) is 0.663. The lowest BCUT2D eigenvalue weighted by molar-refractivity contribution is -0.139. The van der Waals surface area contributed by atoms with Crippen molar-refractivity contribution in [2.24, 2.45) is 0 Å². The van der Waals surface area contributed by atoms with Gasteiger partial charge in [-0.3, -0.25) is 9.59 Å². The fourth-order valence-electron chi connectivity index (χ4n) is 3.34. The van der Waals surface area contributed by atoms with E-state index in [0.717, 1.165) is 11.1 Å². The van der Waals surface area contributed by atoms with Gasteiger partial charge >= 0.3 is 6.61 Å². The Bertz CT molecular complexity index is 852. The number of carbonyl (C=O) groups is 2. The Hall–Kier alpha value is -2.67. The average molecular weight is 437 g/mol. The van der Waals surface area contributed by atoms with Crippen LogP contribution in [-0.2, 0) is 22.4 Å². The number of ether oxygens (including phenoxy) is 1. The highest BCUT2D eigenvalue weighted by Crippen LogP contribution is 2.17. The van der Waals surface area contributed by atoms with Crippen LogP contribution in [0.1, 0.15) is 17.5 Å². The van der Waals surface area contributed by atoms with E-state index in [9.17, 15) is 18.4 Å². The maximum atomic E-state index is 12.5. The number of piperazine rings is 1. The Morgan fingerprint density at radius 1 is 0.867 bits per heavy atom. The number of amides is 2. The molecular formula is C22H23ClF2N2O3. The number of aryl methyl sites for hydroxylation is 1. The van der Waals surface area contributed by atoms with Gasteiger partial charge in [0.2, 0.25) is 11.8 Å². The first kappa shape index (κ1) is 22.0. The smallest absolute Gasteiger partial charge is 0.387 e. The highest BCUT2D eigenvalue weighted by atomic mass is 35.5. The molecule has 8 heteroatoms. The molecule has 0 aromatic heterocycles. The summed E-state index contributed by atoms with van der Waals surface area (Å²) in [6.07, 6.45) is 1.16. The minimum absolute atomic E-state index is 0.0210. The van der Waals surface area contributed by atoms with Crippen LogP contribution in [0.15, 0.2) is 48.5 Å². The summed E-state index contributed by atoms with van der Waals surface area (Å²) < 4.78 is 28.7. The molecule has 1 fully saturated rings. The zero-order chi connectivity index (χ0) is 21.5. The van der Waals surface area contributed by atoms with Crippen LogP contribution in [0.25, 0.3) is 0 Å². The molecule has 1 heterocycles. The minimum Gasteiger partial charge on any atom is -0.435 e. The van der Waals surface area contributed by atoms with Crippen molar-refractivity contribution in [3.05, 3.63) is 64.7 Å². The van der Waals surface area contributed by atoms with Crippen LogP contribution in [-0.4, -0.2) is 54.4 Å². The molecule has 2 aromatic rings. The van der Waals surface area contributed by atoms with Gasteiger partial charge < -0.3 is 14.5 Å². The molecule has 3 rings (SSSR count). The van der Waals surface area contributed by atoms with Gasteiger partial charge in [0.25, 0.3) is 0 Å². The van der Waals surface area contributed by atoms with Crippen molar-refractivity contribution >= 4 is 23.4 Å². The van der Waals surface area contributed by atoms with Crippen molar-refractivity contribution in [1.29, 1.82) is 0 Å². The first-order chi connectivity index (χ1) is 14.4. The van der Waals surface area contributed by atoms with Crippen LogP contribution in [0.3, 0.4) is 0 Å². The monoisotopic (exact) mass is 436 g/mol. The number of rotatable bonds is 7. The lowest BCUT2D eigenvalue weighted by atomic mass is 10.1. The molecule has 5 nitrogen and oxygen atoms in total. The second-order valence-corrected chi connectivity index (χ2v) is 7.52. The molecule has 160 valence electrons. The number of alkyl halides is 2.